The summed E-state index contributed by atoms with van der Waals surface area (Å²) in [7, 11) is 0. The van der Waals surface area contributed by atoms with Crippen LogP contribution in [0, 0.1) is 0 Å². The fourth-order valence-electron chi connectivity index (χ4n) is 3.24. The number of hydrogen-bond acceptors (Lipinski definition) is 6. The van der Waals surface area contributed by atoms with Crippen LogP contribution in [-0.4, -0.2) is 33.3 Å². The maximum absolute atomic E-state index is 12.8. The van der Waals surface area contributed by atoms with Crippen LogP contribution in [0.1, 0.15) is 30.1 Å². The number of benzene rings is 2. The topological polar surface area (TPSA) is 120 Å². The lowest BCUT2D eigenvalue weighted by atomic mass is 10.1. The first-order valence-corrected chi connectivity index (χ1v) is 11.4. The molecule has 31 heavy (non-hydrogen) atoms. The average molecular weight is 507 g/mol. The molecular formula is C21H21BrN3O5S-. The zero-order chi connectivity index (χ0) is 22.4. The highest BCUT2D eigenvalue weighted by molar-refractivity contribution is 9.10. The van der Waals surface area contributed by atoms with Gasteiger partial charge in [0.15, 0.2) is 0 Å². The number of carbonyl (C=O) groups is 2. The van der Waals surface area contributed by atoms with E-state index >= 15 is 0 Å². The molecule has 0 spiro atoms. The van der Waals surface area contributed by atoms with Crippen LogP contribution in [0.3, 0.4) is 0 Å². The largest absolute Gasteiger partial charge is 0.755 e. The van der Waals surface area contributed by atoms with Crippen molar-refractivity contribution in [1.29, 1.82) is 0 Å². The molecule has 0 saturated heterocycles. The third kappa shape index (κ3) is 6.16. The molecule has 0 fully saturated rings. The molecule has 2 aromatic rings. The highest BCUT2D eigenvalue weighted by atomic mass is 79.9. The van der Waals surface area contributed by atoms with E-state index in [2.05, 4.69) is 31.3 Å². The summed E-state index contributed by atoms with van der Waals surface area (Å²) in [4.78, 5) is 25.3. The predicted octanol–water partition coefficient (Wildman–Crippen LogP) is 3.48. The molecule has 3 N–H and O–H groups in total. The van der Waals surface area contributed by atoms with Crippen molar-refractivity contribution >= 4 is 50.4 Å². The van der Waals surface area contributed by atoms with Gasteiger partial charge < -0.3 is 24.6 Å². The summed E-state index contributed by atoms with van der Waals surface area (Å²) in [5, 5.41) is 6.21. The van der Waals surface area contributed by atoms with E-state index in [4.69, 9.17) is 4.74 Å². The molecule has 0 heterocycles. The van der Waals surface area contributed by atoms with Crippen LogP contribution in [0.25, 0.3) is 0 Å². The number of halogens is 1. The molecule has 0 aliphatic heterocycles. The van der Waals surface area contributed by atoms with Crippen molar-refractivity contribution in [3.05, 3.63) is 69.8 Å². The number of hydrogen-bond donors (Lipinski definition) is 3. The number of anilines is 2. The molecule has 2 atom stereocenters. The monoisotopic (exact) mass is 506 g/mol. The van der Waals surface area contributed by atoms with Crippen LogP contribution in [0.2, 0.25) is 0 Å². The first-order valence-electron chi connectivity index (χ1n) is 9.57. The Morgan fingerprint density at radius 2 is 1.77 bits per heavy atom. The minimum absolute atomic E-state index is 0.240. The van der Waals surface area contributed by atoms with Gasteiger partial charge in [-0.05, 0) is 68.3 Å². The van der Waals surface area contributed by atoms with E-state index in [-0.39, 0.29) is 12.6 Å². The van der Waals surface area contributed by atoms with Gasteiger partial charge in [-0.3, -0.25) is 9.00 Å². The number of rotatable bonds is 8. The maximum Gasteiger partial charge on any atom is 0.335 e. The Balaban J connectivity index is 1.81. The van der Waals surface area contributed by atoms with E-state index < -0.39 is 23.1 Å². The van der Waals surface area contributed by atoms with Crippen molar-refractivity contribution in [2.75, 3.05) is 16.6 Å². The smallest absolute Gasteiger partial charge is 0.335 e. The van der Waals surface area contributed by atoms with Gasteiger partial charge in [0, 0.05) is 32.7 Å². The molecule has 1 amide bonds. The third-order valence-electron chi connectivity index (χ3n) is 4.66. The van der Waals surface area contributed by atoms with Crippen molar-refractivity contribution in [1.82, 2.24) is 5.32 Å². The molecule has 0 aromatic heterocycles. The maximum atomic E-state index is 12.8. The van der Waals surface area contributed by atoms with Gasteiger partial charge in [-0.1, -0.05) is 15.9 Å². The summed E-state index contributed by atoms with van der Waals surface area (Å²) in [5.41, 5.74) is 2.43. The van der Waals surface area contributed by atoms with E-state index in [1.165, 1.54) is 24.3 Å². The van der Waals surface area contributed by atoms with E-state index in [0.29, 0.717) is 35.4 Å². The summed E-state index contributed by atoms with van der Waals surface area (Å²) in [6, 6.07) is 13.3. The fourth-order valence-corrected chi connectivity index (χ4v) is 3.84. The van der Waals surface area contributed by atoms with Crippen molar-refractivity contribution in [2.45, 2.75) is 25.8 Å². The lowest BCUT2D eigenvalue weighted by Crippen LogP contribution is -2.33. The van der Waals surface area contributed by atoms with Crippen LogP contribution in [0.15, 0.2) is 64.3 Å². The molecular weight excluding hydrogens is 486 g/mol. The van der Waals surface area contributed by atoms with Gasteiger partial charge in [-0.15, -0.1) is 0 Å². The standard InChI is InChI=1S/C21H22BrN3O5S/c1-2-30-21(27)17-11-12-18(23-15-9-5-14(22)6-10-15)19(17)24-20(26)13-3-7-16(8-4-13)25-31(28)29/h3-10,18,23,25H,2,11-12H2,1H3,(H,24,26)(H,28,29)/p-1. The Morgan fingerprint density at radius 1 is 1.13 bits per heavy atom. The SMILES string of the molecule is CCOC(=O)C1=C(NC(=O)c2ccc(NS(=O)[O-])cc2)C(Nc2ccc(Br)cc2)CC1. The molecule has 10 heteroatoms. The molecule has 1 aliphatic carbocycles. The van der Waals surface area contributed by atoms with Crippen LogP contribution in [0.4, 0.5) is 11.4 Å². The highest BCUT2D eigenvalue weighted by Gasteiger charge is 2.31. The molecule has 2 aromatic carbocycles. The first kappa shape index (κ1) is 23.0. The Labute approximate surface area is 191 Å². The van der Waals surface area contributed by atoms with Gasteiger partial charge in [-0.2, -0.15) is 0 Å². The van der Waals surface area contributed by atoms with E-state index in [1.807, 2.05) is 24.3 Å². The quantitative estimate of drug-likeness (QED) is 0.372. The van der Waals surface area contributed by atoms with Crippen molar-refractivity contribution in [3.63, 3.8) is 0 Å². The Morgan fingerprint density at radius 3 is 2.39 bits per heavy atom. The number of esters is 1. The van der Waals surface area contributed by atoms with Crippen LogP contribution in [-0.2, 0) is 20.8 Å². The van der Waals surface area contributed by atoms with Crippen LogP contribution < -0.4 is 15.4 Å². The fraction of sp³-hybridized carbons (Fsp3) is 0.238. The Bertz CT molecular complexity index is 1010. The Kier molecular flexibility index (Phi) is 7.83. The number of amides is 1. The Hall–Kier alpha value is -2.69. The van der Waals surface area contributed by atoms with Gasteiger partial charge >= 0.3 is 5.97 Å². The summed E-state index contributed by atoms with van der Waals surface area (Å²) in [5.74, 6) is -0.855. The molecule has 3 rings (SSSR count). The van der Waals surface area contributed by atoms with Gasteiger partial charge in [0.2, 0.25) is 0 Å². The molecule has 2 unspecified atom stereocenters. The second-order valence-electron chi connectivity index (χ2n) is 6.72. The predicted molar refractivity (Wildman–Crippen MR) is 121 cm³/mol. The lowest BCUT2D eigenvalue weighted by Gasteiger charge is -2.20. The van der Waals surface area contributed by atoms with E-state index in [0.717, 1.165) is 10.2 Å². The van der Waals surface area contributed by atoms with Gasteiger partial charge in [0.1, 0.15) is 0 Å². The number of ether oxygens (including phenoxy) is 1. The van der Waals surface area contributed by atoms with Gasteiger partial charge in [-0.25, -0.2) is 4.79 Å². The van der Waals surface area contributed by atoms with E-state index in [9.17, 15) is 18.4 Å². The molecule has 1 aliphatic rings. The minimum Gasteiger partial charge on any atom is -0.755 e. The number of carbonyl (C=O) groups excluding carboxylic acids is 2. The summed E-state index contributed by atoms with van der Waals surface area (Å²) in [6.45, 7) is 1.97. The highest BCUT2D eigenvalue weighted by Crippen LogP contribution is 2.29. The summed E-state index contributed by atoms with van der Waals surface area (Å²) in [6.07, 6.45) is 1.10. The van der Waals surface area contributed by atoms with Gasteiger partial charge in [0.05, 0.1) is 23.9 Å². The molecule has 0 radical (unpaired) electrons. The zero-order valence-electron chi connectivity index (χ0n) is 16.6. The van der Waals surface area contributed by atoms with Gasteiger partial charge in [0.25, 0.3) is 5.91 Å². The molecule has 0 bridgehead atoms. The molecule has 164 valence electrons. The lowest BCUT2D eigenvalue weighted by molar-refractivity contribution is -0.138. The minimum atomic E-state index is -2.45. The van der Waals surface area contributed by atoms with E-state index in [1.54, 1.807) is 6.92 Å². The summed E-state index contributed by atoms with van der Waals surface area (Å²) >= 11 is 0.952. The molecule has 8 nitrogen and oxygen atoms in total. The van der Waals surface area contributed by atoms with Crippen molar-refractivity contribution in [3.8, 4) is 0 Å². The normalized spacial score (nSPS) is 16.5. The van der Waals surface area contributed by atoms with Crippen LogP contribution >= 0.6 is 15.9 Å². The number of nitrogens with one attached hydrogen (secondary N) is 3. The van der Waals surface area contributed by atoms with Crippen molar-refractivity contribution < 1.29 is 23.1 Å². The van der Waals surface area contributed by atoms with Crippen LogP contribution in [0.5, 0.6) is 0 Å². The third-order valence-corrected chi connectivity index (χ3v) is 5.59. The second-order valence-corrected chi connectivity index (χ2v) is 8.31. The average Bonchev–Trinajstić information content (AvgIpc) is 3.12. The molecule has 0 saturated carbocycles. The summed E-state index contributed by atoms with van der Waals surface area (Å²) < 4.78 is 29.8. The second kappa shape index (κ2) is 10.6. The first-order chi connectivity index (χ1) is 14.9. The zero-order valence-corrected chi connectivity index (χ0v) is 19.0. The van der Waals surface area contributed by atoms with Crippen molar-refractivity contribution in [2.24, 2.45) is 0 Å².